The zero-order valence-electron chi connectivity index (χ0n) is 13.5. The minimum absolute atomic E-state index is 0.159. The molecule has 128 valence electrons. The van der Waals surface area contributed by atoms with Crippen LogP contribution in [-0.4, -0.2) is 23.2 Å². The molecule has 7 heteroatoms. The van der Waals surface area contributed by atoms with Crippen molar-refractivity contribution < 1.29 is 23.2 Å². The van der Waals surface area contributed by atoms with Gasteiger partial charge in [0.1, 0.15) is 11.5 Å². The summed E-state index contributed by atoms with van der Waals surface area (Å²) in [6.45, 7) is 0.159. The van der Waals surface area contributed by atoms with Crippen LogP contribution in [0.4, 0.5) is 0 Å². The number of benzene rings is 1. The molecule has 0 amide bonds. The highest BCUT2D eigenvalue weighted by Crippen LogP contribution is 2.54. The molecular formula is C18H16N2O5. The summed E-state index contributed by atoms with van der Waals surface area (Å²) in [6, 6.07) is 10.6. The van der Waals surface area contributed by atoms with Crippen molar-refractivity contribution in [3.63, 3.8) is 0 Å². The van der Waals surface area contributed by atoms with Gasteiger partial charge in [-0.05, 0) is 36.8 Å². The number of hydrogen-bond acceptors (Lipinski definition) is 7. The molecule has 25 heavy (non-hydrogen) atoms. The molecule has 0 aliphatic heterocycles. The maximum Gasteiger partial charge on any atom is 0.337 e. The number of nitrogens with zero attached hydrogens (tertiary/aromatic N) is 2. The van der Waals surface area contributed by atoms with Gasteiger partial charge in [-0.2, -0.15) is 4.98 Å². The Bertz CT molecular complexity index is 871. The summed E-state index contributed by atoms with van der Waals surface area (Å²) in [4.78, 5) is 15.9. The molecule has 7 nitrogen and oxygen atoms in total. The summed E-state index contributed by atoms with van der Waals surface area (Å²) in [6.07, 6.45) is 2.61. The van der Waals surface area contributed by atoms with Crippen LogP contribution in [0.3, 0.4) is 0 Å². The lowest BCUT2D eigenvalue weighted by molar-refractivity contribution is 0.0600. The van der Waals surface area contributed by atoms with E-state index in [1.165, 1.54) is 7.11 Å². The van der Waals surface area contributed by atoms with Gasteiger partial charge in [-0.15, -0.1) is 0 Å². The summed E-state index contributed by atoms with van der Waals surface area (Å²) < 4.78 is 21.1. The molecule has 4 rings (SSSR count). The van der Waals surface area contributed by atoms with Crippen molar-refractivity contribution in [3.05, 3.63) is 65.7 Å². The van der Waals surface area contributed by atoms with Gasteiger partial charge in [0.15, 0.2) is 6.61 Å². The first-order valence-electron chi connectivity index (χ1n) is 7.91. The second-order valence-corrected chi connectivity index (χ2v) is 5.82. The van der Waals surface area contributed by atoms with Crippen LogP contribution in [0, 0.1) is 0 Å². The molecule has 2 aromatic heterocycles. The highest BCUT2D eigenvalue weighted by molar-refractivity contribution is 5.89. The number of ether oxygens (including phenoxy) is 2. The van der Waals surface area contributed by atoms with E-state index in [1.807, 2.05) is 12.1 Å². The van der Waals surface area contributed by atoms with Crippen LogP contribution < -0.4 is 4.74 Å². The first-order valence-corrected chi connectivity index (χ1v) is 7.91. The van der Waals surface area contributed by atoms with E-state index < -0.39 is 5.97 Å². The fraction of sp³-hybridized carbons (Fsp3) is 0.278. The zero-order chi connectivity index (χ0) is 17.2. The molecule has 1 aliphatic carbocycles. The van der Waals surface area contributed by atoms with Crippen LogP contribution in [0.1, 0.15) is 46.1 Å². The number of aromatic nitrogens is 2. The molecule has 0 spiro atoms. The van der Waals surface area contributed by atoms with E-state index in [9.17, 15) is 4.79 Å². The predicted octanol–water partition coefficient (Wildman–Crippen LogP) is 3.30. The Morgan fingerprint density at radius 2 is 2.20 bits per heavy atom. The number of methoxy groups -OCH3 is 1. The largest absolute Gasteiger partial charge is 0.485 e. The van der Waals surface area contributed by atoms with E-state index in [-0.39, 0.29) is 12.5 Å². The Morgan fingerprint density at radius 3 is 3.00 bits per heavy atom. The van der Waals surface area contributed by atoms with Crippen molar-refractivity contribution >= 4 is 5.97 Å². The number of esters is 1. The Kier molecular flexibility index (Phi) is 3.97. The lowest BCUT2D eigenvalue weighted by atomic mass is 10.2. The summed E-state index contributed by atoms with van der Waals surface area (Å²) in [7, 11) is 1.34. The number of rotatable bonds is 6. The number of furan rings is 1. The molecule has 2 atom stereocenters. The van der Waals surface area contributed by atoms with Crippen LogP contribution >= 0.6 is 0 Å². The van der Waals surface area contributed by atoms with E-state index in [2.05, 4.69) is 14.9 Å². The molecule has 1 fully saturated rings. The van der Waals surface area contributed by atoms with Crippen LogP contribution in [0.2, 0.25) is 0 Å². The second kappa shape index (κ2) is 6.43. The molecule has 2 heterocycles. The van der Waals surface area contributed by atoms with Gasteiger partial charge >= 0.3 is 5.97 Å². The normalized spacial score (nSPS) is 18.8. The average molecular weight is 340 g/mol. The van der Waals surface area contributed by atoms with Gasteiger partial charge in [0.2, 0.25) is 11.7 Å². The third kappa shape index (κ3) is 3.26. The molecule has 0 saturated heterocycles. The van der Waals surface area contributed by atoms with E-state index in [0.717, 1.165) is 12.2 Å². The van der Waals surface area contributed by atoms with Crippen molar-refractivity contribution in [1.82, 2.24) is 10.1 Å². The lowest BCUT2D eigenvalue weighted by Gasteiger charge is -2.05. The standard InChI is InChI=1S/C18H16N2O5/c1-22-18(21)11-4-2-5-12(8-11)24-10-16-19-17(25-20-16)14-9-13(14)15-6-3-7-23-15/h2-8,13-14H,9-10H2,1H3/t13-,14+/m0/s1. The lowest BCUT2D eigenvalue weighted by Crippen LogP contribution is -2.02. The SMILES string of the molecule is COC(=O)c1cccc(OCc2noc([C@@H]3C[C@@H]3c3ccco3)n2)c1. The summed E-state index contributed by atoms with van der Waals surface area (Å²) >= 11 is 0. The highest BCUT2D eigenvalue weighted by Gasteiger charge is 2.45. The van der Waals surface area contributed by atoms with Crippen LogP contribution in [-0.2, 0) is 11.3 Å². The topological polar surface area (TPSA) is 87.6 Å². The van der Waals surface area contributed by atoms with E-state index in [4.69, 9.17) is 13.7 Å². The van der Waals surface area contributed by atoms with Gasteiger partial charge < -0.3 is 18.4 Å². The smallest absolute Gasteiger partial charge is 0.337 e. The highest BCUT2D eigenvalue weighted by atomic mass is 16.5. The Hall–Kier alpha value is -3.09. The van der Waals surface area contributed by atoms with Gasteiger partial charge in [0, 0.05) is 11.8 Å². The Morgan fingerprint density at radius 1 is 1.28 bits per heavy atom. The van der Waals surface area contributed by atoms with Crippen molar-refractivity contribution in [2.75, 3.05) is 7.11 Å². The summed E-state index contributed by atoms with van der Waals surface area (Å²) in [5.41, 5.74) is 0.424. The average Bonchev–Trinajstić information content (AvgIpc) is 3.06. The Labute approximate surface area is 143 Å². The van der Waals surface area contributed by atoms with Crippen molar-refractivity contribution in [3.8, 4) is 5.75 Å². The maximum atomic E-state index is 11.5. The second-order valence-electron chi connectivity index (χ2n) is 5.82. The quantitative estimate of drug-likeness (QED) is 0.636. The predicted molar refractivity (Wildman–Crippen MR) is 85.2 cm³/mol. The first-order chi connectivity index (χ1) is 12.2. The fourth-order valence-electron chi connectivity index (χ4n) is 2.74. The molecule has 1 aliphatic rings. The van der Waals surface area contributed by atoms with Crippen LogP contribution in [0.15, 0.2) is 51.6 Å². The molecule has 0 radical (unpaired) electrons. The number of hydrogen-bond donors (Lipinski definition) is 0. The molecule has 0 unspecified atom stereocenters. The molecular weight excluding hydrogens is 324 g/mol. The molecule has 3 aromatic rings. The molecule has 0 bridgehead atoms. The van der Waals surface area contributed by atoms with Crippen molar-refractivity contribution in [2.24, 2.45) is 0 Å². The van der Waals surface area contributed by atoms with Gasteiger partial charge in [-0.3, -0.25) is 0 Å². The number of carbonyl (C=O) groups is 1. The van der Waals surface area contributed by atoms with Gasteiger partial charge in [-0.1, -0.05) is 11.2 Å². The van der Waals surface area contributed by atoms with Gasteiger partial charge in [-0.25, -0.2) is 4.79 Å². The summed E-state index contributed by atoms with van der Waals surface area (Å²) in [5.74, 6) is 2.64. The van der Waals surface area contributed by atoms with E-state index in [0.29, 0.717) is 28.9 Å². The minimum atomic E-state index is -0.412. The van der Waals surface area contributed by atoms with Gasteiger partial charge in [0.25, 0.3) is 0 Å². The van der Waals surface area contributed by atoms with E-state index in [1.54, 1.807) is 30.5 Å². The molecule has 1 saturated carbocycles. The summed E-state index contributed by atoms with van der Waals surface area (Å²) in [5, 5.41) is 3.95. The number of carbonyl (C=O) groups excluding carboxylic acids is 1. The monoisotopic (exact) mass is 340 g/mol. The maximum absolute atomic E-state index is 11.5. The fourth-order valence-corrected chi connectivity index (χ4v) is 2.74. The third-order valence-electron chi connectivity index (χ3n) is 4.12. The molecule has 0 N–H and O–H groups in total. The van der Waals surface area contributed by atoms with E-state index >= 15 is 0 Å². The van der Waals surface area contributed by atoms with Crippen molar-refractivity contribution in [2.45, 2.75) is 24.9 Å². The zero-order valence-corrected chi connectivity index (χ0v) is 13.5. The third-order valence-corrected chi connectivity index (χ3v) is 4.12. The van der Waals surface area contributed by atoms with Crippen molar-refractivity contribution in [1.29, 1.82) is 0 Å². The van der Waals surface area contributed by atoms with Crippen LogP contribution in [0.25, 0.3) is 0 Å². The van der Waals surface area contributed by atoms with Gasteiger partial charge in [0.05, 0.1) is 18.9 Å². The van der Waals surface area contributed by atoms with Crippen LogP contribution in [0.5, 0.6) is 5.75 Å². The molecule has 1 aromatic carbocycles. The minimum Gasteiger partial charge on any atom is -0.485 e. The first kappa shape index (κ1) is 15.4. The Balaban J connectivity index is 1.37.